The predicted molar refractivity (Wildman–Crippen MR) is 70.4 cm³/mol. The number of oxime groups is 1. The van der Waals surface area contributed by atoms with Crippen LogP contribution in [0.5, 0.6) is 0 Å². The fraction of sp³-hybridized carbons (Fsp3) is 0.250. The number of hydrogen-bond acceptors (Lipinski definition) is 5. The Labute approximate surface area is 111 Å². The van der Waals surface area contributed by atoms with Gasteiger partial charge in [0.2, 0.25) is 0 Å². The number of carbonyl (C=O) groups is 1. The van der Waals surface area contributed by atoms with Crippen molar-refractivity contribution in [1.29, 1.82) is 0 Å². The third kappa shape index (κ3) is 6.02. The van der Waals surface area contributed by atoms with Gasteiger partial charge in [-0.1, -0.05) is 0 Å². The van der Waals surface area contributed by atoms with Crippen molar-refractivity contribution in [2.24, 2.45) is 10.9 Å². The summed E-state index contributed by atoms with van der Waals surface area (Å²) < 4.78 is 10.5. The standard InChI is InChI=1S/C12H13N2O4P/c13-11(12(15)16)6-10(8-19-17)14-18-7-9-4-2-1-3-5-9/h1-5,11H,6-7,13H2,(H,15,16)/t11-/m0/s1. The van der Waals surface area contributed by atoms with E-state index in [1.807, 2.05) is 30.3 Å². The maximum atomic E-state index is 10.6. The van der Waals surface area contributed by atoms with E-state index >= 15 is 0 Å². The van der Waals surface area contributed by atoms with Gasteiger partial charge in [0.05, 0.1) is 0 Å². The molecule has 7 heteroatoms. The van der Waals surface area contributed by atoms with Crippen LogP contribution in [-0.4, -0.2) is 22.8 Å². The van der Waals surface area contributed by atoms with Crippen molar-refractivity contribution in [3.05, 3.63) is 35.9 Å². The van der Waals surface area contributed by atoms with Gasteiger partial charge >= 0.3 is 110 Å². The number of carboxylic acids is 1. The van der Waals surface area contributed by atoms with E-state index in [1.165, 1.54) is 0 Å². The van der Waals surface area contributed by atoms with Gasteiger partial charge in [-0.2, -0.15) is 0 Å². The summed E-state index contributed by atoms with van der Waals surface area (Å²) in [4.78, 5) is 15.7. The van der Waals surface area contributed by atoms with Gasteiger partial charge in [0.15, 0.2) is 0 Å². The molecule has 19 heavy (non-hydrogen) atoms. The minimum atomic E-state index is -1.17. The second-order valence-corrected chi connectivity index (χ2v) is 4.06. The van der Waals surface area contributed by atoms with E-state index < -0.39 is 19.9 Å². The topological polar surface area (TPSA) is 102 Å². The molecule has 1 rings (SSSR count). The normalized spacial score (nSPS) is 12.4. The van der Waals surface area contributed by atoms with E-state index in [9.17, 15) is 9.36 Å². The SMILES string of the molecule is N[C@@H](CC(C#P=O)=NOCc1ccccc1)C(=O)O. The molecule has 0 amide bonds. The first-order valence-electron chi connectivity index (χ1n) is 5.43. The zero-order valence-electron chi connectivity index (χ0n) is 10.0. The van der Waals surface area contributed by atoms with E-state index in [-0.39, 0.29) is 18.7 Å². The van der Waals surface area contributed by atoms with Crippen molar-refractivity contribution < 1.29 is 19.3 Å². The second-order valence-electron chi connectivity index (χ2n) is 3.65. The molecule has 0 spiro atoms. The third-order valence-electron chi connectivity index (χ3n) is 2.15. The quantitative estimate of drug-likeness (QED) is 0.468. The van der Waals surface area contributed by atoms with E-state index in [1.54, 1.807) is 0 Å². The van der Waals surface area contributed by atoms with E-state index in [0.29, 0.717) is 0 Å². The fourth-order valence-electron chi connectivity index (χ4n) is 1.21. The first kappa shape index (κ1) is 15.2. The Morgan fingerprint density at radius 3 is 2.74 bits per heavy atom. The van der Waals surface area contributed by atoms with Crippen molar-refractivity contribution in [3.63, 3.8) is 0 Å². The molecule has 0 aliphatic heterocycles. The van der Waals surface area contributed by atoms with Crippen molar-refractivity contribution in [1.82, 2.24) is 0 Å². The molecule has 1 atom stereocenters. The molecule has 3 N–H and O–H groups in total. The second kappa shape index (κ2) is 8.27. The molecule has 0 radical (unpaired) electrons. The van der Waals surface area contributed by atoms with Crippen molar-refractivity contribution in [2.45, 2.75) is 19.1 Å². The van der Waals surface area contributed by atoms with Gasteiger partial charge in [-0.25, -0.2) is 0 Å². The molecule has 0 unspecified atom stereocenters. The van der Waals surface area contributed by atoms with Crippen LogP contribution in [0.15, 0.2) is 35.5 Å². The summed E-state index contributed by atoms with van der Waals surface area (Å²) in [6.45, 7) is 0.226. The van der Waals surface area contributed by atoms with E-state index in [2.05, 4.69) is 10.8 Å². The van der Waals surface area contributed by atoms with Crippen LogP contribution in [0.1, 0.15) is 12.0 Å². The van der Waals surface area contributed by atoms with Gasteiger partial charge in [-0.05, 0) is 0 Å². The summed E-state index contributed by atoms with van der Waals surface area (Å²) in [7, 11) is -0.400. The summed E-state index contributed by atoms with van der Waals surface area (Å²) in [5, 5.41) is 12.4. The van der Waals surface area contributed by atoms with Crippen molar-refractivity contribution >= 4 is 19.6 Å². The molecule has 6 nitrogen and oxygen atoms in total. The summed E-state index contributed by atoms with van der Waals surface area (Å²) in [5.41, 5.74) is 8.73. The van der Waals surface area contributed by atoms with Crippen LogP contribution >= 0.6 is 7.92 Å². The Kier molecular flexibility index (Phi) is 6.61. The summed E-state index contributed by atoms with van der Waals surface area (Å²) in [6, 6.07) is 8.18. The Bertz CT molecular complexity index is 553. The van der Waals surface area contributed by atoms with Crippen LogP contribution in [0.4, 0.5) is 0 Å². The Morgan fingerprint density at radius 2 is 2.16 bits per heavy atom. The molecular formula is C12H13N2O4P. The first-order chi connectivity index (χ1) is 9.13. The molecule has 0 saturated heterocycles. The minimum absolute atomic E-state index is 0.0979. The molecule has 100 valence electrons. The number of nitrogens with zero attached hydrogens (tertiary/aromatic N) is 1. The average molecular weight is 280 g/mol. The maximum absolute atomic E-state index is 10.6. The zero-order chi connectivity index (χ0) is 14.1. The number of benzene rings is 1. The molecule has 0 bridgehead atoms. The van der Waals surface area contributed by atoms with Crippen LogP contribution in [0.25, 0.3) is 0 Å². The number of carboxylic acid groups (broad SMARTS) is 1. The van der Waals surface area contributed by atoms with E-state index in [0.717, 1.165) is 5.56 Å². The molecular weight excluding hydrogens is 267 g/mol. The molecule has 0 aliphatic carbocycles. The summed E-state index contributed by atoms with van der Waals surface area (Å²) in [5.74, 6) is -1.17. The van der Waals surface area contributed by atoms with Crippen LogP contribution in [0.2, 0.25) is 0 Å². The van der Waals surface area contributed by atoms with Gasteiger partial charge in [-0.3, -0.25) is 0 Å². The molecule has 1 aromatic carbocycles. The van der Waals surface area contributed by atoms with Crippen LogP contribution < -0.4 is 5.73 Å². The van der Waals surface area contributed by atoms with Crippen LogP contribution in [0.3, 0.4) is 0 Å². The Morgan fingerprint density at radius 1 is 1.47 bits per heavy atom. The van der Waals surface area contributed by atoms with E-state index in [4.69, 9.17) is 15.7 Å². The molecule has 0 heterocycles. The molecule has 0 aliphatic rings. The predicted octanol–water partition coefficient (Wildman–Crippen LogP) is 1.61. The molecule has 0 fully saturated rings. The Balaban J connectivity index is 2.60. The first-order valence-corrected chi connectivity index (χ1v) is 6.24. The van der Waals surface area contributed by atoms with Gasteiger partial charge in [0.25, 0.3) is 0 Å². The average Bonchev–Trinajstić information content (AvgIpc) is 2.40. The fourth-order valence-corrected chi connectivity index (χ4v) is 1.45. The Hall–Kier alpha value is -1.87. The number of rotatable bonds is 6. The number of aliphatic carboxylic acids is 1. The van der Waals surface area contributed by atoms with Gasteiger partial charge in [0, 0.05) is 0 Å². The number of hydrogen-bond donors (Lipinski definition) is 2. The van der Waals surface area contributed by atoms with Gasteiger partial charge in [-0.15, -0.1) is 0 Å². The zero-order valence-corrected chi connectivity index (χ0v) is 10.9. The van der Waals surface area contributed by atoms with Crippen molar-refractivity contribution in [2.75, 3.05) is 0 Å². The van der Waals surface area contributed by atoms with Crippen LogP contribution in [-0.2, 0) is 20.8 Å². The summed E-state index contributed by atoms with van der Waals surface area (Å²) in [6.07, 6.45) is -0.0979. The molecule has 0 saturated carbocycles. The molecule has 1 aromatic rings. The van der Waals surface area contributed by atoms with Gasteiger partial charge in [0.1, 0.15) is 0 Å². The number of nitrogens with two attached hydrogens (primary N) is 1. The third-order valence-corrected chi connectivity index (χ3v) is 2.50. The monoisotopic (exact) mass is 280 g/mol. The molecule has 0 aromatic heterocycles. The van der Waals surface area contributed by atoms with Crippen molar-refractivity contribution in [3.8, 4) is 5.63 Å². The van der Waals surface area contributed by atoms with Gasteiger partial charge < -0.3 is 0 Å². The van der Waals surface area contributed by atoms with Crippen LogP contribution in [0, 0.1) is 5.63 Å². The summed E-state index contributed by atoms with van der Waals surface area (Å²) >= 11 is 0.